The number of amides is 1. The molecule has 8 heteroatoms. The summed E-state index contributed by atoms with van der Waals surface area (Å²) in [6, 6.07) is 14.4. The lowest BCUT2D eigenvalue weighted by atomic mass is 10.0. The Bertz CT molecular complexity index is 1450. The van der Waals surface area contributed by atoms with Crippen molar-refractivity contribution >= 4 is 22.9 Å². The topological polar surface area (TPSA) is 75.4 Å². The van der Waals surface area contributed by atoms with E-state index in [1.807, 2.05) is 22.8 Å². The van der Waals surface area contributed by atoms with Gasteiger partial charge in [-0.15, -0.1) is 0 Å². The second-order valence-electron chi connectivity index (χ2n) is 8.75. The van der Waals surface area contributed by atoms with E-state index in [1.54, 1.807) is 29.3 Å². The largest absolute Gasteiger partial charge is 0.481 e. The van der Waals surface area contributed by atoms with E-state index in [2.05, 4.69) is 4.98 Å². The van der Waals surface area contributed by atoms with E-state index in [4.69, 9.17) is 5.11 Å². The number of carboxylic acid groups (broad SMARTS) is 1. The first-order valence-corrected chi connectivity index (χ1v) is 11.4. The van der Waals surface area contributed by atoms with Gasteiger partial charge in [0.15, 0.2) is 0 Å². The molecule has 0 radical (unpaired) electrons. The normalized spacial score (nSPS) is 13.1. The summed E-state index contributed by atoms with van der Waals surface area (Å²) in [5, 5.41) is 10.0. The molecule has 35 heavy (non-hydrogen) atoms. The predicted octanol–water partition coefficient (Wildman–Crippen LogP) is 4.12. The van der Waals surface area contributed by atoms with Crippen molar-refractivity contribution in [2.75, 3.05) is 6.54 Å². The molecule has 3 heterocycles. The number of hydrogen-bond donors (Lipinski definition) is 1. The molecule has 1 aliphatic rings. The maximum atomic E-state index is 14.5. The monoisotopic (exact) mass is 475 g/mol. The Morgan fingerprint density at radius 1 is 1.00 bits per heavy atom. The minimum atomic E-state index is -0.920. The molecular weight excluding hydrogens is 452 g/mol. The number of aromatic nitrogens is 2. The van der Waals surface area contributed by atoms with Crippen LogP contribution in [0.2, 0.25) is 0 Å². The molecule has 6 nitrogen and oxygen atoms in total. The number of benzene rings is 2. The van der Waals surface area contributed by atoms with Gasteiger partial charge in [-0.3, -0.25) is 9.59 Å². The number of fused-ring (bicyclic) bond motifs is 3. The lowest BCUT2D eigenvalue weighted by molar-refractivity contribution is -0.136. The summed E-state index contributed by atoms with van der Waals surface area (Å²) in [6.45, 7) is 1.07. The molecule has 0 unspecified atom stereocenters. The van der Waals surface area contributed by atoms with E-state index in [1.165, 1.54) is 12.1 Å². The van der Waals surface area contributed by atoms with Crippen LogP contribution in [0.25, 0.3) is 11.0 Å². The summed E-state index contributed by atoms with van der Waals surface area (Å²) in [4.78, 5) is 30.5. The van der Waals surface area contributed by atoms with Crippen LogP contribution >= 0.6 is 0 Å². The quantitative estimate of drug-likeness (QED) is 0.455. The van der Waals surface area contributed by atoms with Crippen molar-refractivity contribution in [1.82, 2.24) is 14.5 Å². The first kappa shape index (κ1) is 22.7. The van der Waals surface area contributed by atoms with Crippen LogP contribution in [0.5, 0.6) is 0 Å². The number of pyridine rings is 1. The number of carbonyl (C=O) groups excluding carboxylic acids is 1. The zero-order valence-electron chi connectivity index (χ0n) is 18.9. The SMILES string of the molecule is O=C(O)Cc1cccc(CC(=O)N2CCc3c(n(Cc4ccc(F)cc4F)c4ncccc34)C2)c1. The third-order valence-corrected chi connectivity index (χ3v) is 6.41. The van der Waals surface area contributed by atoms with Gasteiger partial charge >= 0.3 is 5.97 Å². The van der Waals surface area contributed by atoms with Crippen molar-refractivity contribution in [2.24, 2.45) is 0 Å². The highest BCUT2D eigenvalue weighted by molar-refractivity contribution is 5.84. The molecule has 2 aromatic heterocycles. The Kier molecular flexibility index (Phi) is 6.03. The lowest BCUT2D eigenvalue weighted by Gasteiger charge is -2.29. The van der Waals surface area contributed by atoms with Gasteiger partial charge in [0.05, 0.1) is 25.9 Å². The number of carbonyl (C=O) groups is 2. The molecule has 0 bridgehead atoms. The van der Waals surface area contributed by atoms with Crippen molar-refractivity contribution in [3.63, 3.8) is 0 Å². The fourth-order valence-corrected chi connectivity index (χ4v) is 4.77. The summed E-state index contributed by atoms with van der Waals surface area (Å²) in [5.74, 6) is -2.24. The first-order valence-electron chi connectivity index (χ1n) is 11.4. The first-order chi connectivity index (χ1) is 16.9. The Hall–Kier alpha value is -4.07. The van der Waals surface area contributed by atoms with Crippen LogP contribution in [0.15, 0.2) is 60.8 Å². The van der Waals surface area contributed by atoms with Crippen LogP contribution < -0.4 is 0 Å². The zero-order chi connectivity index (χ0) is 24.5. The molecule has 0 saturated carbocycles. The summed E-state index contributed by atoms with van der Waals surface area (Å²) < 4.78 is 29.8. The molecule has 178 valence electrons. The van der Waals surface area contributed by atoms with Gasteiger partial charge in [0, 0.05) is 35.5 Å². The van der Waals surface area contributed by atoms with Gasteiger partial charge < -0.3 is 14.6 Å². The van der Waals surface area contributed by atoms with Gasteiger partial charge in [-0.25, -0.2) is 13.8 Å². The standard InChI is InChI=1S/C27H23F2N3O3/c28-20-7-6-19(23(29)14-20)15-32-24-16-31(10-8-21(24)22-5-2-9-30-27(22)32)25(33)12-17-3-1-4-18(11-17)13-26(34)35/h1-7,9,11,14H,8,10,12-13,15-16H2,(H,34,35). The van der Waals surface area contributed by atoms with Gasteiger partial charge in [0.2, 0.25) is 5.91 Å². The third kappa shape index (κ3) is 4.64. The Morgan fingerprint density at radius 3 is 2.57 bits per heavy atom. The molecule has 1 N–H and O–H groups in total. The van der Waals surface area contributed by atoms with Gasteiger partial charge in [-0.2, -0.15) is 0 Å². The summed E-state index contributed by atoms with van der Waals surface area (Å²) in [6.07, 6.45) is 2.38. The second-order valence-corrected chi connectivity index (χ2v) is 8.75. The number of carboxylic acids is 1. The van der Waals surface area contributed by atoms with Crippen LogP contribution in [0.4, 0.5) is 8.78 Å². The van der Waals surface area contributed by atoms with Crippen molar-refractivity contribution in [3.8, 4) is 0 Å². The van der Waals surface area contributed by atoms with Gasteiger partial charge in [-0.1, -0.05) is 30.3 Å². The van der Waals surface area contributed by atoms with E-state index in [-0.39, 0.29) is 25.3 Å². The van der Waals surface area contributed by atoms with Crippen molar-refractivity contribution in [1.29, 1.82) is 0 Å². The third-order valence-electron chi connectivity index (χ3n) is 6.41. The van der Waals surface area contributed by atoms with E-state index in [0.29, 0.717) is 36.3 Å². The minimum absolute atomic E-state index is 0.0687. The maximum absolute atomic E-state index is 14.5. The van der Waals surface area contributed by atoms with Crippen LogP contribution in [0.3, 0.4) is 0 Å². The lowest BCUT2D eigenvalue weighted by Crippen LogP contribution is -2.37. The molecular formula is C27H23F2N3O3. The Balaban J connectivity index is 1.43. The fourth-order valence-electron chi connectivity index (χ4n) is 4.77. The molecule has 0 saturated heterocycles. The van der Waals surface area contributed by atoms with Gasteiger partial charge in [0.1, 0.15) is 17.3 Å². The molecule has 0 aliphatic carbocycles. The fraction of sp³-hybridized carbons (Fsp3) is 0.222. The number of aliphatic carboxylic acids is 1. The number of hydrogen-bond acceptors (Lipinski definition) is 3. The predicted molar refractivity (Wildman–Crippen MR) is 126 cm³/mol. The average molecular weight is 475 g/mol. The highest BCUT2D eigenvalue weighted by atomic mass is 19.1. The van der Waals surface area contributed by atoms with Crippen LogP contribution in [0.1, 0.15) is 27.9 Å². The van der Waals surface area contributed by atoms with Crippen molar-refractivity contribution in [3.05, 3.63) is 100 Å². The molecule has 0 fully saturated rings. The maximum Gasteiger partial charge on any atom is 0.307 e. The minimum Gasteiger partial charge on any atom is -0.481 e. The van der Waals surface area contributed by atoms with Gasteiger partial charge in [0.25, 0.3) is 0 Å². The van der Waals surface area contributed by atoms with Crippen molar-refractivity contribution < 1.29 is 23.5 Å². The summed E-state index contributed by atoms with van der Waals surface area (Å²) in [7, 11) is 0. The molecule has 4 aromatic rings. The zero-order valence-corrected chi connectivity index (χ0v) is 18.9. The van der Waals surface area contributed by atoms with E-state index < -0.39 is 17.6 Å². The molecule has 1 amide bonds. The van der Waals surface area contributed by atoms with Crippen molar-refractivity contribution in [2.45, 2.75) is 32.4 Å². The summed E-state index contributed by atoms with van der Waals surface area (Å²) in [5.41, 5.74) is 4.43. The number of halogens is 2. The highest BCUT2D eigenvalue weighted by Gasteiger charge is 2.27. The van der Waals surface area contributed by atoms with Crippen LogP contribution in [0, 0.1) is 11.6 Å². The molecule has 0 spiro atoms. The Labute approximate surface area is 200 Å². The average Bonchev–Trinajstić information content (AvgIpc) is 3.13. The molecule has 0 atom stereocenters. The smallest absolute Gasteiger partial charge is 0.307 e. The molecule has 5 rings (SSSR count). The second kappa shape index (κ2) is 9.29. The van der Waals surface area contributed by atoms with Gasteiger partial charge in [-0.05, 0) is 41.3 Å². The van der Waals surface area contributed by atoms with E-state index in [9.17, 15) is 18.4 Å². The Morgan fingerprint density at radius 2 is 1.80 bits per heavy atom. The highest BCUT2D eigenvalue weighted by Crippen LogP contribution is 2.31. The van der Waals surface area contributed by atoms with E-state index in [0.717, 1.165) is 28.3 Å². The van der Waals surface area contributed by atoms with Crippen LogP contribution in [-0.4, -0.2) is 38.0 Å². The number of nitrogens with zero attached hydrogens (tertiary/aromatic N) is 3. The molecule has 1 aliphatic heterocycles. The molecule has 2 aromatic carbocycles. The summed E-state index contributed by atoms with van der Waals surface area (Å²) >= 11 is 0. The number of rotatable bonds is 6. The van der Waals surface area contributed by atoms with Crippen LogP contribution in [-0.2, 0) is 41.9 Å². The van der Waals surface area contributed by atoms with E-state index >= 15 is 0 Å².